The number of aliphatic hydroxyl groups is 1. The third-order valence-electron chi connectivity index (χ3n) is 2.10. The normalized spacial score (nSPS) is 11.5. The van der Waals surface area contributed by atoms with Crippen molar-refractivity contribution in [3.05, 3.63) is 28.0 Å². The SMILES string of the molecule is Cc1cc(F)c(Br)cc1NS(=O)(=O)CCCO. The van der Waals surface area contributed by atoms with Crippen LogP contribution in [0, 0.1) is 12.7 Å². The Kier molecular flexibility index (Phi) is 4.91. The first-order valence-corrected chi connectivity index (χ1v) is 7.37. The van der Waals surface area contributed by atoms with E-state index in [-0.39, 0.29) is 23.3 Å². The fraction of sp³-hybridized carbons (Fsp3) is 0.400. The molecule has 4 nitrogen and oxygen atoms in total. The number of nitrogens with one attached hydrogen (secondary N) is 1. The Bertz CT molecular complexity index is 505. The number of anilines is 1. The van der Waals surface area contributed by atoms with E-state index >= 15 is 0 Å². The van der Waals surface area contributed by atoms with Crippen molar-refractivity contribution in [3.8, 4) is 0 Å². The van der Waals surface area contributed by atoms with Gasteiger partial charge in [0.25, 0.3) is 0 Å². The Morgan fingerprint density at radius 3 is 2.71 bits per heavy atom. The molecule has 0 radical (unpaired) electrons. The maximum Gasteiger partial charge on any atom is 0.232 e. The van der Waals surface area contributed by atoms with Gasteiger partial charge in [-0.1, -0.05) is 0 Å². The molecule has 0 amide bonds. The molecule has 1 aromatic carbocycles. The van der Waals surface area contributed by atoms with E-state index in [1.807, 2.05) is 0 Å². The van der Waals surface area contributed by atoms with Gasteiger partial charge in [-0.15, -0.1) is 0 Å². The molecule has 0 bridgehead atoms. The fourth-order valence-electron chi connectivity index (χ4n) is 1.23. The molecule has 1 aromatic rings. The van der Waals surface area contributed by atoms with Crippen LogP contribution in [0.1, 0.15) is 12.0 Å². The van der Waals surface area contributed by atoms with Crippen molar-refractivity contribution < 1.29 is 17.9 Å². The fourth-order valence-corrected chi connectivity index (χ4v) is 2.74. The van der Waals surface area contributed by atoms with Crippen molar-refractivity contribution >= 4 is 31.6 Å². The average molecular weight is 326 g/mol. The molecule has 7 heteroatoms. The van der Waals surface area contributed by atoms with Crippen LogP contribution in [0.3, 0.4) is 0 Å². The second kappa shape index (κ2) is 5.79. The molecule has 1 rings (SSSR count). The molecule has 0 fully saturated rings. The molecule has 17 heavy (non-hydrogen) atoms. The molecule has 0 spiro atoms. The van der Waals surface area contributed by atoms with E-state index in [1.54, 1.807) is 6.92 Å². The van der Waals surface area contributed by atoms with Crippen molar-refractivity contribution in [1.82, 2.24) is 0 Å². The molecule has 0 unspecified atom stereocenters. The summed E-state index contributed by atoms with van der Waals surface area (Å²) in [5, 5.41) is 8.58. The first kappa shape index (κ1) is 14.4. The van der Waals surface area contributed by atoms with Crippen LogP contribution in [-0.2, 0) is 10.0 Å². The molecule has 0 aliphatic rings. The quantitative estimate of drug-likeness (QED) is 0.870. The summed E-state index contributed by atoms with van der Waals surface area (Å²) in [7, 11) is -3.50. The molecule has 0 aliphatic carbocycles. The number of aryl methyl sites for hydroxylation is 1. The topological polar surface area (TPSA) is 66.4 Å². The van der Waals surface area contributed by atoms with E-state index in [4.69, 9.17) is 5.11 Å². The van der Waals surface area contributed by atoms with E-state index in [0.29, 0.717) is 11.3 Å². The minimum absolute atomic E-state index is 0.163. The lowest BCUT2D eigenvalue weighted by Gasteiger charge is -2.11. The van der Waals surface area contributed by atoms with Crippen LogP contribution in [0.15, 0.2) is 16.6 Å². The van der Waals surface area contributed by atoms with Crippen molar-refractivity contribution in [2.24, 2.45) is 0 Å². The molecule has 0 saturated heterocycles. The van der Waals surface area contributed by atoms with Gasteiger partial charge in [-0.2, -0.15) is 0 Å². The van der Waals surface area contributed by atoms with Gasteiger partial charge in [0.2, 0.25) is 10.0 Å². The zero-order valence-corrected chi connectivity index (χ0v) is 11.6. The summed E-state index contributed by atoms with van der Waals surface area (Å²) in [5.41, 5.74) is 0.828. The van der Waals surface area contributed by atoms with Crippen molar-refractivity contribution in [1.29, 1.82) is 0 Å². The summed E-state index contributed by atoms with van der Waals surface area (Å²) < 4.78 is 38.8. The summed E-state index contributed by atoms with van der Waals surface area (Å²) in [6, 6.07) is 2.62. The lowest BCUT2D eigenvalue weighted by atomic mass is 10.2. The number of aliphatic hydroxyl groups excluding tert-OH is 1. The highest BCUT2D eigenvalue weighted by Gasteiger charge is 2.13. The lowest BCUT2D eigenvalue weighted by molar-refractivity contribution is 0.295. The molecule has 0 heterocycles. The van der Waals surface area contributed by atoms with Gasteiger partial charge >= 0.3 is 0 Å². The van der Waals surface area contributed by atoms with E-state index in [0.717, 1.165) is 0 Å². The molecular formula is C10H13BrFNO3S. The van der Waals surface area contributed by atoms with E-state index in [1.165, 1.54) is 12.1 Å². The standard InChI is InChI=1S/C10H13BrFNO3S/c1-7-5-9(12)8(11)6-10(7)13-17(15,16)4-2-3-14/h5-6,13-14H,2-4H2,1H3. The van der Waals surface area contributed by atoms with Crippen molar-refractivity contribution in [2.45, 2.75) is 13.3 Å². The Labute approximate surface area is 108 Å². The van der Waals surface area contributed by atoms with Gasteiger partial charge in [0, 0.05) is 6.61 Å². The van der Waals surface area contributed by atoms with E-state index < -0.39 is 15.8 Å². The monoisotopic (exact) mass is 325 g/mol. The zero-order valence-electron chi connectivity index (χ0n) is 9.20. The van der Waals surface area contributed by atoms with Crippen LogP contribution in [0.25, 0.3) is 0 Å². The molecule has 0 atom stereocenters. The summed E-state index contributed by atoms with van der Waals surface area (Å²) in [6.07, 6.45) is 0.163. The zero-order chi connectivity index (χ0) is 13.1. The number of halogens is 2. The maximum absolute atomic E-state index is 13.1. The molecule has 0 saturated carbocycles. The predicted molar refractivity (Wildman–Crippen MR) is 67.9 cm³/mol. The smallest absolute Gasteiger partial charge is 0.232 e. The van der Waals surface area contributed by atoms with Gasteiger partial charge in [0.15, 0.2) is 0 Å². The van der Waals surface area contributed by atoms with Gasteiger partial charge in [-0.3, -0.25) is 4.72 Å². The summed E-state index contributed by atoms with van der Waals surface area (Å²) in [4.78, 5) is 0. The van der Waals surface area contributed by atoms with Crippen LogP contribution < -0.4 is 4.72 Å². The van der Waals surface area contributed by atoms with Crippen molar-refractivity contribution in [3.63, 3.8) is 0 Å². The molecule has 0 aromatic heterocycles. The second-order valence-corrected chi connectivity index (χ2v) is 6.28. The molecule has 2 N–H and O–H groups in total. The average Bonchev–Trinajstić information content (AvgIpc) is 2.23. The number of hydrogen-bond donors (Lipinski definition) is 2. The van der Waals surface area contributed by atoms with Crippen LogP contribution >= 0.6 is 15.9 Å². The number of rotatable bonds is 5. The Hall–Kier alpha value is -0.660. The Balaban J connectivity index is 2.92. The highest BCUT2D eigenvalue weighted by atomic mass is 79.9. The van der Waals surface area contributed by atoms with Gasteiger partial charge in [0.1, 0.15) is 5.82 Å². The summed E-state index contributed by atoms with van der Waals surface area (Å²) >= 11 is 2.99. The molecule has 96 valence electrons. The minimum Gasteiger partial charge on any atom is -0.396 e. The van der Waals surface area contributed by atoms with Gasteiger partial charge < -0.3 is 5.11 Å². The van der Waals surface area contributed by atoms with Crippen LogP contribution in [-0.4, -0.2) is 25.9 Å². The van der Waals surface area contributed by atoms with Crippen LogP contribution in [0.5, 0.6) is 0 Å². The van der Waals surface area contributed by atoms with E-state index in [9.17, 15) is 12.8 Å². The van der Waals surface area contributed by atoms with Gasteiger partial charge in [0.05, 0.1) is 15.9 Å². The van der Waals surface area contributed by atoms with Crippen molar-refractivity contribution in [2.75, 3.05) is 17.1 Å². The van der Waals surface area contributed by atoms with Gasteiger partial charge in [-0.05, 0) is 47.0 Å². The van der Waals surface area contributed by atoms with E-state index in [2.05, 4.69) is 20.7 Å². The second-order valence-electron chi connectivity index (χ2n) is 3.58. The minimum atomic E-state index is -3.50. The molecular weight excluding hydrogens is 313 g/mol. The van der Waals surface area contributed by atoms with Gasteiger partial charge in [-0.25, -0.2) is 12.8 Å². The Morgan fingerprint density at radius 2 is 2.12 bits per heavy atom. The lowest BCUT2D eigenvalue weighted by Crippen LogP contribution is -2.18. The summed E-state index contributed by atoms with van der Waals surface area (Å²) in [5.74, 6) is -0.612. The number of hydrogen-bond acceptors (Lipinski definition) is 3. The highest BCUT2D eigenvalue weighted by Crippen LogP contribution is 2.25. The highest BCUT2D eigenvalue weighted by molar-refractivity contribution is 9.10. The summed E-state index contributed by atoms with van der Waals surface area (Å²) in [6.45, 7) is 1.42. The predicted octanol–water partition coefficient (Wildman–Crippen LogP) is 2.02. The Morgan fingerprint density at radius 1 is 1.47 bits per heavy atom. The van der Waals surface area contributed by atoms with Crippen LogP contribution in [0.4, 0.5) is 10.1 Å². The third kappa shape index (κ3) is 4.25. The van der Waals surface area contributed by atoms with Crippen LogP contribution in [0.2, 0.25) is 0 Å². The maximum atomic E-state index is 13.1. The third-order valence-corrected chi connectivity index (χ3v) is 4.07. The largest absolute Gasteiger partial charge is 0.396 e. The molecule has 0 aliphatic heterocycles. The first-order valence-electron chi connectivity index (χ1n) is 4.93. The number of benzene rings is 1. The number of sulfonamides is 1. The first-order chi connectivity index (χ1) is 7.85.